The van der Waals surface area contributed by atoms with Crippen LogP contribution in [0, 0.1) is 0 Å². The summed E-state index contributed by atoms with van der Waals surface area (Å²) < 4.78 is 1.97. The second-order valence-electron chi connectivity index (χ2n) is 10.3. The average molecular weight is 660 g/mol. The highest BCUT2D eigenvalue weighted by Crippen LogP contribution is 2.58. The number of phenolic OH excluding ortho intramolecular Hbond substituents is 2. The Hall–Kier alpha value is -4.12. The Labute approximate surface area is 255 Å². The molecule has 1 aliphatic rings. The molecule has 0 unspecified atom stereocenters. The van der Waals surface area contributed by atoms with Gasteiger partial charge in [0.25, 0.3) is 0 Å². The smallest absolute Gasteiger partial charge is 0.123 e. The van der Waals surface area contributed by atoms with Crippen molar-refractivity contribution in [3.63, 3.8) is 0 Å². The van der Waals surface area contributed by atoms with Crippen molar-refractivity contribution in [1.82, 2.24) is 0 Å². The fourth-order valence-electron chi connectivity index (χ4n) is 6.29. The van der Waals surface area contributed by atoms with Crippen molar-refractivity contribution in [1.29, 1.82) is 0 Å². The third-order valence-corrected chi connectivity index (χ3v) is 9.08. The third kappa shape index (κ3) is 4.13. The van der Waals surface area contributed by atoms with Gasteiger partial charge in [-0.1, -0.05) is 117 Å². The van der Waals surface area contributed by atoms with Crippen LogP contribution in [0.5, 0.6) is 11.5 Å². The largest absolute Gasteiger partial charge is 0.507 e. The quantitative estimate of drug-likeness (QED) is 0.197. The molecule has 0 fully saturated rings. The zero-order valence-corrected chi connectivity index (χ0v) is 25.0. The van der Waals surface area contributed by atoms with E-state index in [2.05, 4.69) is 80.4 Å². The van der Waals surface area contributed by atoms with E-state index in [0.717, 1.165) is 64.6 Å². The zero-order chi connectivity index (χ0) is 28.1. The van der Waals surface area contributed by atoms with Gasteiger partial charge in [-0.25, -0.2) is 0 Å². The van der Waals surface area contributed by atoms with Gasteiger partial charge in [0, 0.05) is 20.1 Å². The standard InChI is InChI=1S/C37H24Br2O2/c38-27-13-15-29-30-16-14-28(39)22-34(30)37(33(29)21-27,25-11-17-35(40)31(19-25)23-7-3-1-4-8-23)26-12-18-36(41)32(20-26)24-9-5-2-6-10-24/h1-22,40-41H. The molecule has 0 saturated heterocycles. The van der Waals surface area contributed by atoms with Gasteiger partial charge in [-0.05, 0) is 93.0 Å². The van der Waals surface area contributed by atoms with E-state index >= 15 is 0 Å². The van der Waals surface area contributed by atoms with Crippen LogP contribution in [0.1, 0.15) is 22.3 Å². The van der Waals surface area contributed by atoms with Crippen LogP contribution in [-0.2, 0) is 5.41 Å². The van der Waals surface area contributed by atoms with Crippen molar-refractivity contribution in [2.75, 3.05) is 0 Å². The van der Waals surface area contributed by atoms with Gasteiger partial charge < -0.3 is 10.2 Å². The topological polar surface area (TPSA) is 40.5 Å². The van der Waals surface area contributed by atoms with Crippen LogP contribution in [0.25, 0.3) is 33.4 Å². The predicted octanol–water partition coefficient (Wildman–Crippen LogP) is 10.3. The minimum absolute atomic E-state index is 0.229. The Bertz CT molecular complexity index is 1790. The summed E-state index contributed by atoms with van der Waals surface area (Å²) in [6, 6.07) is 44.7. The number of hydrogen-bond donors (Lipinski definition) is 2. The SMILES string of the molecule is Oc1ccc(C2(c3ccc(O)c(-c4ccccc4)c3)c3cc(Br)ccc3-c3ccc(Br)cc32)cc1-c1ccccc1. The first-order chi connectivity index (χ1) is 20.0. The van der Waals surface area contributed by atoms with E-state index in [1.165, 1.54) is 0 Å². The van der Waals surface area contributed by atoms with E-state index in [1.807, 2.05) is 72.8 Å². The van der Waals surface area contributed by atoms with E-state index in [1.54, 1.807) is 12.1 Å². The predicted molar refractivity (Wildman–Crippen MR) is 173 cm³/mol. The van der Waals surface area contributed by atoms with Crippen molar-refractivity contribution in [2.45, 2.75) is 5.41 Å². The Balaban J connectivity index is 1.62. The molecule has 7 rings (SSSR count). The molecule has 198 valence electrons. The molecule has 2 N–H and O–H groups in total. The molecule has 0 saturated carbocycles. The van der Waals surface area contributed by atoms with Crippen LogP contribution in [0.15, 0.2) is 142 Å². The Morgan fingerprint density at radius 2 is 0.829 bits per heavy atom. The van der Waals surface area contributed by atoms with Crippen molar-refractivity contribution in [3.05, 3.63) is 165 Å². The van der Waals surface area contributed by atoms with Crippen molar-refractivity contribution < 1.29 is 10.2 Å². The number of phenols is 2. The molecule has 1 aliphatic carbocycles. The second-order valence-corrected chi connectivity index (χ2v) is 12.2. The number of rotatable bonds is 4. The zero-order valence-electron chi connectivity index (χ0n) is 21.9. The van der Waals surface area contributed by atoms with Crippen LogP contribution in [0.3, 0.4) is 0 Å². The Kier molecular flexibility index (Phi) is 6.33. The summed E-state index contributed by atoms with van der Waals surface area (Å²) in [6.45, 7) is 0. The van der Waals surface area contributed by atoms with Gasteiger partial charge in [0.1, 0.15) is 11.5 Å². The molecule has 0 bridgehead atoms. The lowest BCUT2D eigenvalue weighted by Crippen LogP contribution is -2.28. The number of fused-ring (bicyclic) bond motifs is 3. The van der Waals surface area contributed by atoms with Gasteiger partial charge in [0.2, 0.25) is 0 Å². The number of aromatic hydroxyl groups is 2. The first kappa shape index (κ1) is 25.8. The van der Waals surface area contributed by atoms with E-state index in [-0.39, 0.29) is 11.5 Å². The normalized spacial score (nSPS) is 13.0. The van der Waals surface area contributed by atoms with Gasteiger partial charge in [0.15, 0.2) is 0 Å². The number of halogens is 2. The summed E-state index contributed by atoms with van der Waals surface area (Å²) in [5, 5.41) is 22.1. The first-order valence-electron chi connectivity index (χ1n) is 13.3. The maximum atomic E-state index is 11.0. The molecular formula is C37H24Br2O2. The molecule has 0 aliphatic heterocycles. The lowest BCUT2D eigenvalue weighted by molar-refractivity contribution is 0.477. The fraction of sp³-hybridized carbons (Fsp3) is 0.0270. The van der Waals surface area contributed by atoms with Crippen LogP contribution in [0.4, 0.5) is 0 Å². The number of benzene rings is 6. The molecule has 41 heavy (non-hydrogen) atoms. The van der Waals surface area contributed by atoms with Crippen LogP contribution < -0.4 is 0 Å². The molecule has 0 spiro atoms. The molecule has 0 aromatic heterocycles. The maximum Gasteiger partial charge on any atom is 0.123 e. The fourth-order valence-corrected chi connectivity index (χ4v) is 7.02. The van der Waals surface area contributed by atoms with Gasteiger partial charge in [0.05, 0.1) is 5.41 Å². The van der Waals surface area contributed by atoms with Gasteiger partial charge in [-0.15, -0.1) is 0 Å². The molecule has 0 heterocycles. The molecule has 6 aromatic rings. The summed E-state index contributed by atoms with van der Waals surface area (Å²) in [7, 11) is 0. The van der Waals surface area contributed by atoms with Gasteiger partial charge >= 0.3 is 0 Å². The average Bonchev–Trinajstić information content (AvgIpc) is 3.28. The van der Waals surface area contributed by atoms with Crippen molar-refractivity contribution >= 4 is 31.9 Å². The highest BCUT2D eigenvalue weighted by Gasteiger charge is 2.47. The minimum atomic E-state index is -0.729. The van der Waals surface area contributed by atoms with E-state index in [9.17, 15) is 10.2 Å². The van der Waals surface area contributed by atoms with Crippen LogP contribution in [0.2, 0.25) is 0 Å². The molecular weight excluding hydrogens is 636 g/mol. The molecule has 0 amide bonds. The van der Waals surface area contributed by atoms with E-state index in [4.69, 9.17) is 0 Å². The van der Waals surface area contributed by atoms with Gasteiger partial charge in [-0.3, -0.25) is 0 Å². The monoisotopic (exact) mass is 658 g/mol. The summed E-state index contributed by atoms with van der Waals surface area (Å²) in [6.07, 6.45) is 0. The first-order valence-corrected chi connectivity index (χ1v) is 14.9. The highest BCUT2D eigenvalue weighted by atomic mass is 79.9. The van der Waals surface area contributed by atoms with Gasteiger partial charge in [-0.2, -0.15) is 0 Å². The summed E-state index contributed by atoms with van der Waals surface area (Å²) in [5.41, 5.74) is 9.31. The Morgan fingerprint density at radius 1 is 0.415 bits per heavy atom. The van der Waals surface area contributed by atoms with Crippen LogP contribution in [-0.4, -0.2) is 10.2 Å². The summed E-state index contributed by atoms with van der Waals surface area (Å²) in [4.78, 5) is 0. The lowest BCUT2D eigenvalue weighted by Gasteiger charge is -2.35. The number of hydrogen-bond acceptors (Lipinski definition) is 2. The van der Waals surface area contributed by atoms with E-state index < -0.39 is 5.41 Å². The summed E-state index contributed by atoms with van der Waals surface area (Å²) >= 11 is 7.51. The molecule has 0 radical (unpaired) electrons. The lowest BCUT2D eigenvalue weighted by atomic mass is 9.67. The van der Waals surface area contributed by atoms with Crippen LogP contribution >= 0.6 is 31.9 Å². The molecule has 2 nitrogen and oxygen atoms in total. The maximum absolute atomic E-state index is 11.0. The van der Waals surface area contributed by atoms with E-state index in [0.29, 0.717) is 0 Å². The molecule has 6 aromatic carbocycles. The molecule has 0 atom stereocenters. The highest BCUT2D eigenvalue weighted by molar-refractivity contribution is 9.10. The second kappa shape index (κ2) is 10.1. The Morgan fingerprint density at radius 3 is 1.24 bits per heavy atom. The van der Waals surface area contributed by atoms with Crippen molar-refractivity contribution in [3.8, 4) is 44.9 Å². The van der Waals surface area contributed by atoms with Crippen molar-refractivity contribution in [2.24, 2.45) is 0 Å². The summed E-state index contributed by atoms with van der Waals surface area (Å²) in [5.74, 6) is 0.459. The molecule has 4 heteroatoms. The third-order valence-electron chi connectivity index (χ3n) is 8.09. The minimum Gasteiger partial charge on any atom is -0.507 e.